The lowest BCUT2D eigenvalue weighted by Gasteiger charge is -2.24. The maximum atomic E-state index is 12.5. The van der Waals surface area contributed by atoms with Gasteiger partial charge in [-0.1, -0.05) is 6.42 Å². The van der Waals surface area contributed by atoms with E-state index in [2.05, 4.69) is 16.0 Å². The Morgan fingerprint density at radius 2 is 2.17 bits per heavy atom. The van der Waals surface area contributed by atoms with Crippen molar-refractivity contribution in [3.05, 3.63) is 29.5 Å². The summed E-state index contributed by atoms with van der Waals surface area (Å²) in [4.78, 5) is 12.5. The summed E-state index contributed by atoms with van der Waals surface area (Å²) in [7, 11) is 1.68. The third kappa shape index (κ3) is 4.17. The number of fused-ring (bicyclic) bond motifs is 1. The summed E-state index contributed by atoms with van der Waals surface area (Å²) in [6, 6.07) is 4.05. The number of nitrogens with zero attached hydrogens (tertiary/aromatic N) is 2. The monoisotopic (exact) mass is 350 g/mol. The molecular weight excluding hydrogens is 324 g/mol. The Balaban J connectivity index is 0.00000208. The largest absolute Gasteiger partial charge is 0.382 e. The fraction of sp³-hybridized carbons (Fsp3) is 0.579. The maximum Gasteiger partial charge on any atom is 0.163 e. The van der Waals surface area contributed by atoms with E-state index in [1.165, 1.54) is 19.3 Å². The second-order valence-corrected chi connectivity index (χ2v) is 6.88. The summed E-state index contributed by atoms with van der Waals surface area (Å²) < 4.78 is 7.28. The molecule has 132 valence electrons. The first-order valence-corrected chi connectivity index (χ1v) is 8.60. The van der Waals surface area contributed by atoms with E-state index in [9.17, 15) is 4.79 Å². The topological polar surface area (TPSA) is 44.1 Å². The van der Waals surface area contributed by atoms with Crippen LogP contribution in [0.1, 0.15) is 54.9 Å². The molecule has 0 N–H and O–H groups in total. The molecular formula is C19H27ClN2O2. The Kier molecular flexibility index (Phi) is 6.41. The molecule has 1 saturated carbocycles. The summed E-state index contributed by atoms with van der Waals surface area (Å²) in [6.07, 6.45) is 7.47. The quantitative estimate of drug-likeness (QED) is 0.687. The minimum absolute atomic E-state index is 0. The summed E-state index contributed by atoms with van der Waals surface area (Å²) >= 11 is 0. The van der Waals surface area contributed by atoms with Gasteiger partial charge in [-0.05, 0) is 56.7 Å². The van der Waals surface area contributed by atoms with E-state index in [1.807, 2.05) is 26.0 Å². The van der Waals surface area contributed by atoms with Crippen molar-refractivity contribution in [2.75, 3.05) is 7.11 Å². The van der Waals surface area contributed by atoms with E-state index in [-0.39, 0.29) is 24.3 Å². The van der Waals surface area contributed by atoms with Crippen LogP contribution in [0.4, 0.5) is 0 Å². The highest BCUT2D eigenvalue weighted by Crippen LogP contribution is 2.28. The normalized spacial score (nSPS) is 15.8. The zero-order valence-electron chi connectivity index (χ0n) is 14.7. The number of hydrogen-bond donors (Lipinski definition) is 0. The van der Waals surface area contributed by atoms with Crippen LogP contribution in [-0.2, 0) is 11.3 Å². The molecule has 1 fully saturated rings. The van der Waals surface area contributed by atoms with Gasteiger partial charge in [0, 0.05) is 37.2 Å². The van der Waals surface area contributed by atoms with Gasteiger partial charge in [0.25, 0.3) is 0 Å². The van der Waals surface area contributed by atoms with Crippen LogP contribution < -0.4 is 0 Å². The maximum absolute atomic E-state index is 12.5. The number of carbonyl (C=O) groups is 1. The van der Waals surface area contributed by atoms with Crippen LogP contribution in [0.5, 0.6) is 0 Å². The van der Waals surface area contributed by atoms with Crippen LogP contribution in [0.25, 0.3) is 10.9 Å². The highest BCUT2D eigenvalue weighted by Gasteiger charge is 2.19. The van der Waals surface area contributed by atoms with Gasteiger partial charge >= 0.3 is 0 Å². The van der Waals surface area contributed by atoms with Crippen molar-refractivity contribution in [2.45, 2.75) is 58.6 Å². The second-order valence-electron chi connectivity index (χ2n) is 6.88. The average Bonchev–Trinajstić information content (AvgIpc) is 2.88. The smallest absolute Gasteiger partial charge is 0.163 e. The van der Waals surface area contributed by atoms with Crippen molar-refractivity contribution in [1.82, 2.24) is 9.78 Å². The van der Waals surface area contributed by atoms with Gasteiger partial charge in [-0.15, -0.1) is 12.4 Å². The zero-order valence-corrected chi connectivity index (χ0v) is 15.6. The van der Waals surface area contributed by atoms with E-state index in [4.69, 9.17) is 4.74 Å². The molecule has 1 atom stereocenters. The standard InChI is InChI=1S/C19H26N2O2.ClH/c1-13-9-18-16(12-21(20-18)11-15-5-4-6-15)10-17(13)19(22)8-7-14(2)23-3;/h9-10,12,14-15H,4-8,11H2,1-3H3;1H. The van der Waals surface area contributed by atoms with Gasteiger partial charge in [0.05, 0.1) is 11.6 Å². The van der Waals surface area contributed by atoms with Gasteiger partial charge in [0.1, 0.15) is 0 Å². The molecule has 1 heterocycles. The van der Waals surface area contributed by atoms with Crippen LogP contribution in [0.15, 0.2) is 18.3 Å². The molecule has 0 spiro atoms. The average molecular weight is 351 g/mol. The Bertz CT molecular complexity index is 707. The van der Waals surface area contributed by atoms with Crippen LogP contribution >= 0.6 is 12.4 Å². The Morgan fingerprint density at radius 1 is 1.42 bits per heavy atom. The minimum Gasteiger partial charge on any atom is -0.382 e. The van der Waals surface area contributed by atoms with Gasteiger partial charge in [-0.25, -0.2) is 0 Å². The van der Waals surface area contributed by atoms with E-state index in [0.717, 1.165) is 40.9 Å². The number of aromatic nitrogens is 2. The van der Waals surface area contributed by atoms with Gasteiger partial charge in [0.2, 0.25) is 0 Å². The van der Waals surface area contributed by atoms with Gasteiger partial charge in [-0.2, -0.15) is 5.10 Å². The van der Waals surface area contributed by atoms with Gasteiger partial charge in [-0.3, -0.25) is 9.48 Å². The molecule has 0 bridgehead atoms. The number of halogens is 1. The minimum atomic E-state index is 0. The molecule has 1 aliphatic carbocycles. The molecule has 5 heteroatoms. The second kappa shape index (κ2) is 8.13. The lowest BCUT2D eigenvalue weighted by Crippen LogP contribution is -2.18. The van der Waals surface area contributed by atoms with E-state index < -0.39 is 0 Å². The lowest BCUT2D eigenvalue weighted by atomic mass is 9.85. The van der Waals surface area contributed by atoms with Crippen molar-refractivity contribution < 1.29 is 9.53 Å². The van der Waals surface area contributed by atoms with Crippen LogP contribution in [-0.4, -0.2) is 28.8 Å². The summed E-state index contributed by atoms with van der Waals surface area (Å²) in [5, 5.41) is 5.74. The van der Waals surface area contributed by atoms with E-state index in [1.54, 1.807) is 7.11 Å². The first-order chi connectivity index (χ1) is 11.1. The molecule has 3 rings (SSSR count). The predicted octanol–water partition coefficient (Wildman–Crippen LogP) is 4.56. The third-order valence-electron chi connectivity index (χ3n) is 5.05. The number of Topliss-reactive ketones (excluding diaryl/α,β-unsaturated/α-hetero) is 1. The number of ether oxygens (including phenoxy) is 1. The molecule has 1 unspecified atom stereocenters. The lowest BCUT2D eigenvalue weighted by molar-refractivity contribution is 0.0877. The Morgan fingerprint density at radius 3 is 2.79 bits per heavy atom. The number of aryl methyl sites for hydroxylation is 1. The number of methoxy groups -OCH3 is 1. The van der Waals surface area contributed by atoms with Crippen molar-refractivity contribution in [2.24, 2.45) is 5.92 Å². The first kappa shape index (κ1) is 18.9. The summed E-state index contributed by atoms with van der Waals surface area (Å²) in [5.41, 5.74) is 2.83. The van der Waals surface area contributed by atoms with Crippen molar-refractivity contribution in [1.29, 1.82) is 0 Å². The van der Waals surface area contributed by atoms with Crippen molar-refractivity contribution in [3.63, 3.8) is 0 Å². The fourth-order valence-corrected chi connectivity index (χ4v) is 3.15. The molecule has 1 aromatic carbocycles. The molecule has 2 aromatic rings. The zero-order chi connectivity index (χ0) is 16.4. The molecule has 0 amide bonds. The van der Waals surface area contributed by atoms with E-state index >= 15 is 0 Å². The number of carbonyl (C=O) groups excluding carboxylic acids is 1. The number of benzene rings is 1. The Hall–Kier alpha value is -1.39. The van der Waals surface area contributed by atoms with Crippen LogP contribution in [0.2, 0.25) is 0 Å². The SMILES string of the molecule is COC(C)CCC(=O)c1cc2cn(CC3CCC3)nc2cc1C.Cl. The third-order valence-corrected chi connectivity index (χ3v) is 5.05. The highest BCUT2D eigenvalue weighted by atomic mass is 35.5. The number of hydrogen-bond acceptors (Lipinski definition) is 3. The number of ketones is 1. The van der Waals surface area contributed by atoms with Crippen LogP contribution in [0, 0.1) is 12.8 Å². The summed E-state index contributed by atoms with van der Waals surface area (Å²) in [5.74, 6) is 0.974. The molecule has 0 radical (unpaired) electrons. The Labute approximate surface area is 150 Å². The molecule has 24 heavy (non-hydrogen) atoms. The van der Waals surface area contributed by atoms with Gasteiger partial charge < -0.3 is 4.74 Å². The van der Waals surface area contributed by atoms with Crippen molar-refractivity contribution >= 4 is 29.1 Å². The highest BCUT2D eigenvalue weighted by molar-refractivity contribution is 6.00. The molecule has 4 nitrogen and oxygen atoms in total. The molecule has 0 saturated heterocycles. The fourth-order valence-electron chi connectivity index (χ4n) is 3.15. The first-order valence-electron chi connectivity index (χ1n) is 8.60. The van der Waals surface area contributed by atoms with Crippen LogP contribution in [0.3, 0.4) is 0 Å². The number of rotatable bonds is 7. The molecule has 1 aliphatic rings. The molecule has 1 aromatic heterocycles. The molecule has 0 aliphatic heterocycles. The van der Waals surface area contributed by atoms with Gasteiger partial charge in [0.15, 0.2) is 5.78 Å². The van der Waals surface area contributed by atoms with Crippen molar-refractivity contribution in [3.8, 4) is 0 Å². The van der Waals surface area contributed by atoms with E-state index in [0.29, 0.717) is 6.42 Å². The predicted molar refractivity (Wildman–Crippen MR) is 99.1 cm³/mol. The summed E-state index contributed by atoms with van der Waals surface area (Å²) in [6.45, 7) is 4.99.